The third kappa shape index (κ3) is 4.34. The quantitative estimate of drug-likeness (QED) is 0.623. The lowest BCUT2D eigenvalue weighted by Gasteiger charge is -2.42. The average Bonchev–Trinajstić information content (AvgIpc) is 2.45. The number of aromatic nitrogens is 2. The molecule has 1 rings (SSSR count). The highest BCUT2D eigenvalue weighted by Gasteiger charge is 2.41. The van der Waals surface area contributed by atoms with Gasteiger partial charge < -0.3 is 9.41 Å². The van der Waals surface area contributed by atoms with Crippen molar-refractivity contribution in [1.29, 1.82) is 0 Å². The van der Waals surface area contributed by atoms with Crippen LogP contribution in [0.15, 0.2) is 6.20 Å². The molecule has 0 atom stereocenters. The monoisotopic (exact) mass is 380 g/mol. The van der Waals surface area contributed by atoms with Crippen molar-refractivity contribution >= 4 is 30.9 Å². The Kier molecular flexibility index (Phi) is 4.71. The third-order valence-corrected chi connectivity index (χ3v) is 8.76. The van der Waals surface area contributed by atoms with Gasteiger partial charge in [-0.15, -0.1) is 0 Å². The molecule has 18 heavy (non-hydrogen) atoms. The summed E-state index contributed by atoms with van der Waals surface area (Å²) in [5.41, 5.74) is -0.177. The molecule has 0 bridgehead atoms. The molecule has 0 fully saturated rings. The third-order valence-electron chi connectivity index (χ3n) is 3.53. The predicted octanol–water partition coefficient (Wildman–Crippen LogP) is 4.36. The Morgan fingerprint density at radius 1 is 1.28 bits per heavy atom. The van der Waals surface area contributed by atoms with E-state index in [1.54, 1.807) is 0 Å². The van der Waals surface area contributed by atoms with E-state index in [9.17, 15) is 0 Å². The van der Waals surface area contributed by atoms with Gasteiger partial charge >= 0.3 is 0 Å². The van der Waals surface area contributed by atoms with E-state index in [0.717, 1.165) is 15.9 Å². The number of halogens is 1. The molecular weight excluding hydrogens is 355 g/mol. The van der Waals surface area contributed by atoms with Gasteiger partial charge in [0, 0.05) is 12.6 Å². The molecule has 0 unspecified atom stereocenters. The first kappa shape index (κ1) is 16.2. The first-order valence-electron chi connectivity index (χ1n) is 6.33. The molecule has 0 saturated carbocycles. The molecule has 1 N–H and O–H groups in total. The SMILES string of the molecule is CC(C)(Cc1nc(I)c[nH]1)O[Si](C)(C)C(C)(C)C. The van der Waals surface area contributed by atoms with Gasteiger partial charge in [0.1, 0.15) is 9.53 Å². The molecule has 1 heterocycles. The van der Waals surface area contributed by atoms with E-state index < -0.39 is 8.32 Å². The number of rotatable bonds is 4. The summed E-state index contributed by atoms with van der Waals surface area (Å²) >= 11 is 2.22. The zero-order valence-corrected chi connectivity index (χ0v) is 15.7. The van der Waals surface area contributed by atoms with Crippen molar-refractivity contribution in [2.75, 3.05) is 0 Å². The van der Waals surface area contributed by atoms with Crippen LogP contribution in [0.4, 0.5) is 0 Å². The smallest absolute Gasteiger partial charge is 0.192 e. The molecule has 0 aliphatic carbocycles. The van der Waals surface area contributed by atoms with E-state index in [4.69, 9.17) is 4.43 Å². The van der Waals surface area contributed by atoms with Crippen molar-refractivity contribution in [3.8, 4) is 0 Å². The Morgan fingerprint density at radius 2 is 1.83 bits per heavy atom. The molecule has 0 saturated heterocycles. The Labute approximate surface area is 125 Å². The van der Waals surface area contributed by atoms with Crippen molar-refractivity contribution in [2.24, 2.45) is 0 Å². The Bertz CT molecular complexity index is 407. The maximum Gasteiger partial charge on any atom is 0.192 e. The minimum atomic E-state index is -1.73. The van der Waals surface area contributed by atoms with Crippen LogP contribution in [-0.4, -0.2) is 23.9 Å². The first-order chi connectivity index (χ1) is 7.93. The van der Waals surface area contributed by atoms with Gasteiger partial charge in [-0.05, 0) is 54.6 Å². The van der Waals surface area contributed by atoms with Gasteiger partial charge in [0.2, 0.25) is 0 Å². The van der Waals surface area contributed by atoms with Crippen molar-refractivity contribution < 1.29 is 4.43 Å². The Hall–Kier alpha value is 0.117. The van der Waals surface area contributed by atoms with Gasteiger partial charge in [-0.1, -0.05) is 20.8 Å². The van der Waals surface area contributed by atoms with Crippen LogP contribution in [0.2, 0.25) is 18.1 Å². The van der Waals surface area contributed by atoms with Crippen LogP contribution in [0, 0.1) is 3.70 Å². The van der Waals surface area contributed by atoms with Crippen molar-refractivity contribution in [3.05, 3.63) is 15.7 Å². The summed E-state index contributed by atoms with van der Waals surface area (Å²) in [5, 5.41) is 0.238. The van der Waals surface area contributed by atoms with Gasteiger partial charge in [-0.2, -0.15) is 0 Å². The van der Waals surface area contributed by atoms with Crippen molar-refractivity contribution in [2.45, 2.75) is 64.8 Å². The maximum atomic E-state index is 6.48. The predicted molar refractivity (Wildman–Crippen MR) is 87.4 cm³/mol. The van der Waals surface area contributed by atoms with E-state index in [-0.39, 0.29) is 10.6 Å². The molecule has 0 aliphatic rings. The normalized spacial score (nSPS) is 14.0. The number of aromatic amines is 1. The summed E-state index contributed by atoms with van der Waals surface area (Å²) in [6.07, 6.45) is 2.75. The molecule has 3 nitrogen and oxygen atoms in total. The summed E-state index contributed by atoms with van der Waals surface area (Å²) in [6.45, 7) is 15.7. The average molecular weight is 380 g/mol. The fourth-order valence-electron chi connectivity index (χ4n) is 1.71. The van der Waals surface area contributed by atoms with Gasteiger partial charge in [-0.3, -0.25) is 0 Å². The number of imidazole rings is 1. The lowest BCUT2D eigenvalue weighted by atomic mass is 10.1. The van der Waals surface area contributed by atoms with E-state index in [2.05, 4.69) is 80.3 Å². The fourth-order valence-corrected chi connectivity index (χ4v) is 3.92. The standard InChI is InChI=1S/C13H25IN2OSi/c1-12(2,3)18(6,7)17-13(4,5)8-11-15-9-10(14)16-11/h9H,8H2,1-7H3,(H,15,16). The highest BCUT2D eigenvalue weighted by molar-refractivity contribution is 14.1. The Balaban J connectivity index is 2.76. The maximum absolute atomic E-state index is 6.48. The van der Waals surface area contributed by atoms with Crippen LogP contribution >= 0.6 is 22.6 Å². The largest absolute Gasteiger partial charge is 0.411 e. The fraction of sp³-hybridized carbons (Fsp3) is 0.769. The molecule has 0 radical (unpaired) electrons. The van der Waals surface area contributed by atoms with Crippen LogP contribution in [0.25, 0.3) is 0 Å². The van der Waals surface area contributed by atoms with Gasteiger partial charge in [0.05, 0.1) is 5.60 Å². The minimum Gasteiger partial charge on any atom is -0.411 e. The van der Waals surface area contributed by atoms with Crippen LogP contribution in [0.3, 0.4) is 0 Å². The second-order valence-corrected chi connectivity index (χ2v) is 12.8. The molecular formula is C13H25IN2OSi. The van der Waals surface area contributed by atoms with Gasteiger partial charge in [-0.25, -0.2) is 4.98 Å². The van der Waals surface area contributed by atoms with E-state index >= 15 is 0 Å². The number of nitrogens with one attached hydrogen (secondary N) is 1. The summed E-state index contributed by atoms with van der Waals surface area (Å²) in [4.78, 5) is 7.66. The van der Waals surface area contributed by atoms with E-state index in [1.165, 1.54) is 0 Å². The van der Waals surface area contributed by atoms with Crippen LogP contribution in [0.1, 0.15) is 40.4 Å². The molecule has 5 heteroatoms. The first-order valence-corrected chi connectivity index (χ1v) is 10.3. The van der Waals surface area contributed by atoms with E-state index in [1.807, 2.05) is 6.20 Å². The van der Waals surface area contributed by atoms with Crippen molar-refractivity contribution in [3.63, 3.8) is 0 Å². The summed E-state index contributed by atoms with van der Waals surface area (Å²) in [6, 6.07) is 0. The number of hydrogen-bond donors (Lipinski definition) is 1. The molecule has 0 aromatic carbocycles. The van der Waals surface area contributed by atoms with Crippen LogP contribution in [-0.2, 0) is 10.8 Å². The number of hydrogen-bond acceptors (Lipinski definition) is 2. The van der Waals surface area contributed by atoms with Gasteiger partial charge in [0.15, 0.2) is 8.32 Å². The zero-order valence-electron chi connectivity index (χ0n) is 12.5. The second kappa shape index (κ2) is 5.24. The number of nitrogens with zero attached hydrogens (tertiary/aromatic N) is 1. The lowest BCUT2D eigenvalue weighted by Crippen LogP contribution is -2.48. The van der Waals surface area contributed by atoms with E-state index in [0.29, 0.717) is 0 Å². The Morgan fingerprint density at radius 3 is 2.22 bits per heavy atom. The summed E-state index contributed by atoms with van der Waals surface area (Å²) < 4.78 is 7.48. The highest BCUT2D eigenvalue weighted by atomic mass is 127. The summed E-state index contributed by atoms with van der Waals surface area (Å²) in [5.74, 6) is 1.00. The molecule has 104 valence electrons. The topological polar surface area (TPSA) is 37.9 Å². The molecule has 0 amide bonds. The summed E-state index contributed by atoms with van der Waals surface area (Å²) in [7, 11) is -1.73. The zero-order chi connectivity index (χ0) is 14.2. The highest BCUT2D eigenvalue weighted by Crippen LogP contribution is 2.39. The molecule has 1 aromatic heterocycles. The van der Waals surface area contributed by atoms with Gasteiger partial charge in [0.25, 0.3) is 0 Å². The van der Waals surface area contributed by atoms with Crippen LogP contribution in [0.5, 0.6) is 0 Å². The van der Waals surface area contributed by atoms with Crippen LogP contribution < -0.4 is 0 Å². The molecule has 0 spiro atoms. The second-order valence-electron chi connectivity index (χ2n) is 6.97. The number of H-pyrrole nitrogens is 1. The lowest BCUT2D eigenvalue weighted by molar-refractivity contribution is 0.0901. The minimum absolute atomic E-state index is 0.177. The molecule has 0 aliphatic heterocycles. The molecule has 1 aromatic rings. The van der Waals surface area contributed by atoms with Crippen molar-refractivity contribution in [1.82, 2.24) is 9.97 Å².